The van der Waals surface area contributed by atoms with Crippen LogP contribution in [-0.2, 0) is 0 Å². The Morgan fingerprint density at radius 2 is 0.500 bits per heavy atom. The molecule has 0 nitrogen and oxygen atoms in total. The molecule has 0 radical (unpaired) electrons. The van der Waals surface area contributed by atoms with Crippen molar-refractivity contribution in [1.82, 2.24) is 0 Å². The van der Waals surface area contributed by atoms with Gasteiger partial charge in [-0.25, -0.2) is 0 Å². The van der Waals surface area contributed by atoms with Gasteiger partial charge in [0, 0.05) is 0 Å². The van der Waals surface area contributed by atoms with Gasteiger partial charge in [0.05, 0.1) is 0 Å². The van der Waals surface area contributed by atoms with E-state index in [1.165, 1.54) is 154 Å². The molecule has 0 heterocycles. The van der Waals surface area contributed by atoms with Gasteiger partial charge in [-0.3, -0.25) is 0 Å². The van der Waals surface area contributed by atoms with Crippen LogP contribution in [0.5, 0.6) is 0 Å². The molecule has 196 valence electrons. The molecule has 2 heteroatoms. The SMILES string of the molecule is CCCCCCCCCCP(Br)(CCCCC)(CCCCC)CCCCCCCCCC. The fourth-order valence-electron chi connectivity index (χ4n) is 5.47. The van der Waals surface area contributed by atoms with Gasteiger partial charge in [-0.15, -0.1) is 0 Å². The summed E-state index contributed by atoms with van der Waals surface area (Å²) < 4.78 is 0. The molecule has 0 atom stereocenters. The van der Waals surface area contributed by atoms with Gasteiger partial charge >= 0.3 is 214 Å². The fourth-order valence-corrected chi connectivity index (χ4v) is 13.9. The molecule has 0 aliphatic rings. The summed E-state index contributed by atoms with van der Waals surface area (Å²) in [6, 6.07) is 0. The van der Waals surface area contributed by atoms with Crippen LogP contribution in [0.15, 0.2) is 0 Å². The molecule has 0 rings (SSSR count). The molecule has 0 aromatic rings. The summed E-state index contributed by atoms with van der Waals surface area (Å²) in [7, 11) is 0. The number of unbranched alkanes of at least 4 members (excludes halogenated alkanes) is 18. The first-order valence-electron chi connectivity index (χ1n) is 15.3. The predicted octanol–water partition coefficient (Wildman–Crippen LogP) is 12.5. The molecule has 0 amide bonds. The van der Waals surface area contributed by atoms with Crippen molar-refractivity contribution in [3.8, 4) is 0 Å². The van der Waals surface area contributed by atoms with Gasteiger partial charge in [-0.1, -0.05) is 0 Å². The third kappa shape index (κ3) is 18.3. The molecule has 32 heavy (non-hydrogen) atoms. The summed E-state index contributed by atoms with van der Waals surface area (Å²) in [4.78, 5) is 0. The van der Waals surface area contributed by atoms with Crippen molar-refractivity contribution in [3.63, 3.8) is 0 Å². The Bertz CT molecular complexity index is 347. The summed E-state index contributed by atoms with van der Waals surface area (Å²) >= 11 is 4.69. The quantitative estimate of drug-likeness (QED) is 0.0763. The van der Waals surface area contributed by atoms with Crippen LogP contribution in [0.2, 0.25) is 0 Å². The minimum absolute atomic E-state index is 1.37. The third-order valence-electron chi connectivity index (χ3n) is 7.78. The summed E-state index contributed by atoms with van der Waals surface area (Å²) in [5, 5.41) is -1.71. The number of hydrogen-bond donors (Lipinski definition) is 0. The zero-order valence-electron chi connectivity index (χ0n) is 23.2. The molecule has 0 aliphatic heterocycles. The molecular formula is C30H64BrP. The number of hydrogen-bond acceptors (Lipinski definition) is 0. The topological polar surface area (TPSA) is 0 Å². The Labute approximate surface area is 213 Å². The average Bonchev–Trinajstić information content (AvgIpc) is 2.78. The third-order valence-corrected chi connectivity index (χ3v) is 17.8. The van der Waals surface area contributed by atoms with Crippen LogP contribution in [0.4, 0.5) is 0 Å². The van der Waals surface area contributed by atoms with Crippen LogP contribution in [-0.4, -0.2) is 24.6 Å². The van der Waals surface area contributed by atoms with Crippen molar-refractivity contribution in [1.29, 1.82) is 0 Å². The maximum absolute atomic E-state index is 4.69. The van der Waals surface area contributed by atoms with Crippen LogP contribution >= 0.6 is 20.8 Å². The van der Waals surface area contributed by atoms with E-state index in [0.717, 1.165) is 0 Å². The fraction of sp³-hybridized carbons (Fsp3) is 1.00. The first-order valence-corrected chi connectivity index (χ1v) is 20.3. The molecule has 0 N–H and O–H groups in total. The predicted molar refractivity (Wildman–Crippen MR) is 160 cm³/mol. The normalized spacial score (nSPS) is 13.3. The second kappa shape index (κ2) is 22.4. The van der Waals surface area contributed by atoms with Crippen molar-refractivity contribution in [2.24, 2.45) is 0 Å². The molecular weight excluding hydrogens is 471 g/mol. The monoisotopic (exact) mass is 534 g/mol. The van der Waals surface area contributed by atoms with Gasteiger partial charge in [-0.2, -0.15) is 0 Å². The van der Waals surface area contributed by atoms with Gasteiger partial charge in [0.25, 0.3) is 0 Å². The van der Waals surface area contributed by atoms with E-state index in [4.69, 9.17) is 15.5 Å². The first-order chi connectivity index (χ1) is 15.5. The van der Waals surface area contributed by atoms with Crippen LogP contribution in [0.3, 0.4) is 0 Å². The van der Waals surface area contributed by atoms with Gasteiger partial charge in [0.15, 0.2) is 0 Å². The molecule has 0 spiro atoms. The Hall–Kier alpha value is 0.910. The van der Waals surface area contributed by atoms with E-state index in [0.29, 0.717) is 0 Å². The average molecular weight is 536 g/mol. The van der Waals surface area contributed by atoms with E-state index in [2.05, 4.69) is 27.7 Å². The van der Waals surface area contributed by atoms with E-state index in [1.807, 2.05) is 0 Å². The standard InChI is InChI=1S/C30H64BrP/c1-5-9-13-15-17-19-21-25-29-32(31,27-23-11-7-3,28-24-12-8-4)30-26-22-20-18-16-14-10-6-2/h5-30H2,1-4H3. The zero-order chi connectivity index (χ0) is 23.8. The first kappa shape index (κ1) is 32.9. The maximum atomic E-state index is 4.69. The molecule has 0 fully saturated rings. The summed E-state index contributed by atoms with van der Waals surface area (Å²) in [6.07, 6.45) is 38.0. The molecule has 0 saturated carbocycles. The molecule has 0 aliphatic carbocycles. The van der Waals surface area contributed by atoms with Gasteiger partial charge in [-0.05, 0) is 0 Å². The van der Waals surface area contributed by atoms with Crippen molar-refractivity contribution in [3.05, 3.63) is 0 Å². The Balaban J connectivity index is 4.69. The molecule has 0 saturated heterocycles. The van der Waals surface area contributed by atoms with Crippen molar-refractivity contribution in [2.45, 2.75) is 169 Å². The van der Waals surface area contributed by atoms with E-state index < -0.39 is 5.31 Å². The molecule has 0 aromatic carbocycles. The van der Waals surface area contributed by atoms with Crippen molar-refractivity contribution >= 4 is 20.8 Å². The van der Waals surface area contributed by atoms with Crippen LogP contribution in [0.1, 0.15) is 169 Å². The second-order valence-electron chi connectivity index (χ2n) is 11.1. The van der Waals surface area contributed by atoms with Crippen molar-refractivity contribution in [2.75, 3.05) is 24.6 Å². The number of rotatable bonds is 26. The summed E-state index contributed by atoms with van der Waals surface area (Å²) in [5.41, 5.74) is 0. The van der Waals surface area contributed by atoms with Gasteiger partial charge in [0.2, 0.25) is 0 Å². The Kier molecular flexibility index (Phi) is 23.0. The zero-order valence-corrected chi connectivity index (χ0v) is 25.7. The van der Waals surface area contributed by atoms with E-state index in [9.17, 15) is 0 Å². The van der Waals surface area contributed by atoms with Crippen LogP contribution < -0.4 is 0 Å². The Morgan fingerprint density at radius 1 is 0.312 bits per heavy atom. The second-order valence-corrected chi connectivity index (χ2v) is 22.5. The molecule has 0 unspecified atom stereocenters. The van der Waals surface area contributed by atoms with Gasteiger partial charge < -0.3 is 0 Å². The summed E-state index contributed by atoms with van der Waals surface area (Å²) in [6.45, 7) is 9.39. The summed E-state index contributed by atoms with van der Waals surface area (Å²) in [5.74, 6) is 0. The number of halogens is 1. The van der Waals surface area contributed by atoms with E-state index >= 15 is 0 Å². The van der Waals surface area contributed by atoms with Crippen LogP contribution in [0.25, 0.3) is 0 Å². The van der Waals surface area contributed by atoms with Crippen LogP contribution in [0, 0.1) is 0 Å². The minimum atomic E-state index is -1.71. The van der Waals surface area contributed by atoms with Gasteiger partial charge in [0.1, 0.15) is 0 Å². The molecule has 0 aromatic heterocycles. The molecule has 0 bridgehead atoms. The Morgan fingerprint density at radius 3 is 0.781 bits per heavy atom. The van der Waals surface area contributed by atoms with E-state index in [1.54, 1.807) is 12.3 Å². The van der Waals surface area contributed by atoms with E-state index in [-0.39, 0.29) is 0 Å². The van der Waals surface area contributed by atoms with Crippen molar-refractivity contribution < 1.29 is 0 Å².